The Hall–Kier alpha value is -1.80. The van der Waals surface area contributed by atoms with Crippen molar-refractivity contribution in [1.82, 2.24) is 19.7 Å². The zero-order chi connectivity index (χ0) is 14.2. The molecule has 0 amide bonds. The minimum absolute atomic E-state index is 0.139. The van der Waals surface area contributed by atoms with Crippen LogP contribution in [0.3, 0.4) is 0 Å². The Kier molecular flexibility index (Phi) is 3.38. The maximum absolute atomic E-state index is 11.5. The topological polar surface area (TPSA) is 104 Å². The molecule has 0 aliphatic carbocycles. The van der Waals surface area contributed by atoms with E-state index in [1.54, 1.807) is 6.20 Å². The van der Waals surface area contributed by atoms with Gasteiger partial charge in [-0.15, -0.1) is 10.2 Å². The van der Waals surface area contributed by atoms with Gasteiger partial charge in [0.05, 0.1) is 0 Å². The number of rotatable bonds is 3. The van der Waals surface area contributed by atoms with Gasteiger partial charge in [0.2, 0.25) is 0 Å². The predicted octanol–water partition coefficient (Wildman–Crippen LogP) is 0.877. The van der Waals surface area contributed by atoms with Gasteiger partial charge in [0, 0.05) is 23.5 Å². The molecule has 7 nitrogen and oxygen atoms in total. The van der Waals surface area contributed by atoms with E-state index in [-0.39, 0.29) is 11.2 Å². The Balaban J connectivity index is 2.65. The zero-order valence-corrected chi connectivity index (χ0v) is 11.7. The van der Waals surface area contributed by atoms with Gasteiger partial charge in [-0.2, -0.15) is 0 Å². The first-order valence-corrected chi connectivity index (χ1v) is 7.26. The molecule has 0 aliphatic rings. The number of nitrogens with zero attached hydrogens (tertiary/aromatic N) is 4. The smallest absolute Gasteiger partial charge is 0.273 e. The van der Waals surface area contributed by atoms with Crippen molar-refractivity contribution in [2.24, 2.45) is 5.14 Å². The molecule has 0 aliphatic heterocycles. The SMILES string of the molecule is Cc1ccc(-c2nnc(S(N)(=O)=O)n2C(C)C)cn1. The van der Waals surface area contributed by atoms with Crippen LogP contribution in [0.25, 0.3) is 11.4 Å². The maximum Gasteiger partial charge on any atom is 0.273 e. The van der Waals surface area contributed by atoms with Gasteiger partial charge < -0.3 is 0 Å². The molecule has 8 heteroatoms. The number of aromatic nitrogens is 4. The fourth-order valence-electron chi connectivity index (χ4n) is 1.73. The second-order valence-electron chi connectivity index (χ2n) is 4.50. The molecule has 102 valence electrons. The third-order valence-corrected chi connectivity index (χ3v) is 3.39. The molecule has 0 saturated carbocycles. The fraction of sp³-hybridized carbons (Fsp3) is 0.364. The van der Waals surface area contributed by atoms with E-state index < -0.39 is 10.0 Å². The highest BCUT2D eigenvalue weighted by Crippen LogP contribution is 2.23. The second kappa shape index (κ2) is 4.71. The van der Waals surface area contributed by atoms with E-state index in [1.807, 2.05) is 32.9 Å². The van der Waals surface area contributed by atoms with Crippen molar-refractivity contribution in [3.05, 3.63) is 24.0 Å². The van der Waals surface area contributed by atoms with E-state index in [0.29, 0.717) is 11.4 Å². The molecule has 0 bridgehead atoms. The highest BCUT2D eigenvalue weighted by molar-refractivity contribution is 7.89. The van der Waals surface area contributed by atoms with E-state index in [9.17, 15) is 8.42 Å². The third kappa shape index (κ3) is 2.64. The summed E-state index contributed by atoms with van der Waals surface area (Å²) in [7, 11) is -3.90. The molecule has 0 spiro atoms. The molecule has 2 heterocycles. The highest BCUT2D eigenvalue weighted by atomic mass is 32.2. The predicted molar refractivity (Wildman–Crippen MR) is 69.7 cm³/mol. The lowest BCUT2D eigenvalue weighted by molar-refractivity contribution is 0.524. The minimum Gasteiger partial charge on any atom is -0.294 e. The van der Waals surface area contributed by atoms with Gasteiger partial charge in [-0.05, 0) is 32.9 Å². The quantitative estimate of drug-likeness (QED) is 0.899. The summed E-state index contributed by atoms with van der Waals surface area (Å²) in [5.74, 6) is 0.437. The fourth-order valence-corrected chi connectivity index (χ4v) is 2.46. The minimum atomic E-state index is -3.90. The van der Waals surface area contributed by atoms with Gasteiger partial charge in [0.1, 0.15) is 0 Å². The largest absolute Gasteiger partial charge is 0.294 e. The maximum atomic E-state index is 11.5. The summed E-state index contributed by atoms with van der Waals surface area (Å²) < 4.78 is 24.5. The van der Waals surface area contributed by atoms with E-state index in [0.717, 1.165) is 5.69 Å². The summed E-state index contributed by atoms with van der Waals surface area (Å²) in [4.78, 5) is 4.17. The van der Waals surface area contributed by atoms with Crippen LogP contribution in [0.4, 0.5) is 0 Å². The van der Waals surface area contributed by atoms with Crippen molar-refractivity contribution in [3.63, 3.8) is 0 Å². The van der Waals surface area contributed by atoms with Gasteiger partial charge in [0.15, 0.2) is 5.82 Å². The standard InChI is InChI=1S/C11H15N5O2S/c1-7(2)16-10(9-5-4-8(3)13-6-9)14-15-11(16)19(12,17)18/h4-7H,1-3H3,(H2,12,17,18). The summed E-state index contributed by atoms with van der Waals surface area (Å²) in [6.07, 6.45) is 1.63. The zero-order valence-electron chi connectivity index (χ0n) is 10.9. The first kappa shape index (κ1) is 13.6. The molecular weight excluding hydrogens is 266 g/mol. The van der Waals surface area contributed by atoms with Crippen LogP contribution in [0.5, 0.6) is 0 Å². The summed E-state index contributed by atoms with van der Waals surface area (Å²) in [6, 6.07) is 3.50. The Bertz CT molecular complexity index is 688. The summed E-state index contributed by atoms with van der Waals surface area (Å²) in [5.41, 5.74) is 1.56. The molecule has 2 rings (SSSR count). The molecule has 0 aromatic carbocycles. The van der Waals surface area contributed by atoms with Crippen molar-refractivity contribution in [3.8, 4) is 11.4 Å². The third-order valence-electron chi connectivity index (χ3n) is 2.60. The summed E-state index contributed by atoms with van der Waals surface area (Å²) in [5, 5.41) is 12.5. The van der Waals surface area contributed by atoms with Crippen LogP contribution in [0.2, 0.25) is 0 Å². The lowest BCUT2D eigenvalue weighted by Crippen LogP contribution is -2.20. The first-order valence-electron chi connectivity index (χ1n) is 5.71. The number of primary sulfonamides is 1. The monoisotopic (exact) mass is 281 g/mol. The van der Waals surface area contributed by atoms with Crippen molar-refractivity contribution >= 4 is 10.0 Å². The second-order valence-corrected chi connectivity index (χ2v) is 5.96. The van der Waals surface area contributed by atoms with Crippen molar-refractivity contribution < 1.29 is 8.42 Å². The van der Waals surface area contributed by atoms with Crippen LogP contribution in [-0.4, -0.2) is 28.2 Å². The number of hydrogen-bond donors (Lipinski definition) is 1. The van der Waals surface area contributed by atoms with Gasteiger partial charge in [-0.1, -0.05) is 0 Å². The van der Waals surface area contributed by atoms with Gasteiger partial charge in [-0.3, -0.25) is 9.55 Å². The van der Waals surface area contributed by atoms with Crippen LogP contribution < -0.4 is 5.14 Å². The first-order chi connectivity index (χ1) is 8.80. The van der Waals surface area contributed by atoms with Crippen LogP contribution >= 0.6 is 0 Å². The lowest BCUT2D eigenvalue weighted by Gasteiger charge is -2.12. The Morgan fingerprint density at radius 1 is 1.26 bits per heavy atom. The van der Waals surface area contributed by atoms with Crippen molar-refractivity contribution in [1.29, 1.82) is 0 Å². The Morgan fingerprint density at radius 3 is 2.42 bits per heavy atom. The van der Waals surface area contributed by atoms with Crippen LogP contribution in [0.15, 0.2) is 23.5 Å². The molecule has 0 radical (unpaired) electrons. The number of hydrogen-bond acceptors (Lipinski definition) is 5. The van der Waals surface area contributed by atoms with Crippen LogP contribution in [0, 0.1) is 6.92 Å². The normalized spacial score (nSPS) is 12.1. The molecule has 0 unspecified atom stereocenters. The summed E-state index contributed by atoms with van der Waals surface area (Å²) >= 11 is 0. The van der Waals surface area contributed by atoms with Gasteiger partial charge in [0.25, 0.3) is 15.2 Å². The summed E-state index contributed by atoms with van der Waals surface area (Å²) in [6.45, 7) is 5.54. The van der Waals surface area contributed by atoms with E-state index >= 15 is 0 Å². The van der Waals surface area contributed by atoms with Crippen molar-refractivity contribution in [2.75, 3.05) is 0 Å². The molecular formula is C11H15N5O2S. The molecule has 2 N–H and O–H groups in total. The highest BCUT2D eigenvalue weighted by Gasteiger charge is 2.23. The number of pyridine rings is 1. The molecule has 19 heavy (non-hydrogen) atoms. The molecule has 2 aromatic rings. The number of nitrogens with two attached hydrogens (primary N) is 1. The lowest BCUT2D eigenvalue weighted by atomic mass is 10.2. The van der Waals surface area contributed by atoms with Crippen LogP contribution in [-0.2, 0) is 10.0 Å². The van der Waals surface area contributed by atoms with E-state index in [4.69, 9.17) is 5.14 Å². The van der Waals surface area contributed by atoms with Gasteiger partial charge in [-0.25, -0.2) is 13.6 Å². The number of aryl methyl sites for hydroxylation is 1. The average Bonchev–Trinajstić information content (AvgIpc) is 2.74. The van der Waals surface area contributed by atoms with Gasteiger partial charge >= 0.3 is 0 Å². The number of sulfonamides is 1. The average molecular weight is 281 g/mol. The molecule has 0 atom stereocenters. The molecule has 0 saturated heterocycles. The molecule has 2 aromatic heterocycles. The van der Waals surface area contributed by atoms with Crippen LogP contribution in [0.1, 0.15) is 25.6 Å². The Morgan fingerprint density at radius 2 is 1.95 bits per heavy atom. The Labute approximate surface area is 111 Å². The van der Waals surface area contributed by atoms with E-state index in [1.165, 1.54) is 4.57 Å². The van der Waals surface area contributed by atoms with Crippen molar-refractivity contribution in [2.45, 2.75) is 32.0 Å². The molecule has 0 fully saturated rings. The van der Waals surface area contributed by atoms with E-state index in [2.05, 4.69) is 15.2 Å².